The molecule has 0 saturated carbocycles. The van der Waals surface area contributed by atoms with E-state index >= 15 is 0 Å². The number of phenolic OH excluding ortho intramolecular Hbond substituents is 1. The van der Waals surface area contributed by atoms with E-state index in [1.165, 1.54) is 5.56 Å². The minimum Gasteiger partial charge on any atom is -0.508 e. The minimum atomic E-state index is -0.0304. The summed E-state index contributed by atoms with van der Waals surface area (Å²) in [4.78, 5) is 4.96. The maximum Gasteiger partial charge on any atom is 0.187 e. The van der Waals surface area contributed by atoms with E-state index < -0.39 is 0 Å². The third kappa shape index (κ3) is 4.63. The zero-order valence-electron chi connectivity index (χ0n) is 17.8. The lowest BCUT2D eigenvalue weighted by Crippen LogP contribution is -2.55. The number of nitrogens with zero attached hydrogens (tertiary/aromatic N) is 2. The Kier molecular flexibility index (Phi) is 6.60. The number of aryl methyl sites for hydroxylation is 1. The lowest BCUT2D eigenvalue weighted by atomic mass is 9.96. The Bertz CT molecular complexity index is 861. The van der Waals surface area contributed by atoms with E-state index in [9.17, 15) is 5.11 Å². The third-order valence-corrected chi connectivity index (χ3v) is 6.18. The van der Waals surface area contributed by atoms with Gasteiger partial charge in [0, 0.05) is 32.2 Å². The van der Waals surface area contributed by atoms with E-state index in [4.69, 9.17) is 9.47 Å². The molecule has 0 aromatic heterocycles. The average molecular weight is 409 g/mol. The van der Waals surface area contributed by atoms with Gasteiger partial charge in [-0.1, -0.05) is 30.3 Å². The summed E-state index contributed by atoms with van der Waals surface area (Å²) >= 11 is 0. The lowest BCUT2D eigenvalue weighted by Gasteiger charge is -2.43. The first-order valence-corrected chi connectivity index (χ1v) is 10.9. The highest BCUT2D eigenvalue weighted by atomic mass is 16.6. The molecule has 5 heteroatoms. The fourth-order valence-corrected chi connectivity index (χ4v) is 4.43. The molecule has 2 aliphatic heterocycles. The van der Waals surface area contributed by atoms with Crippen LogP contribution in [0.15, 0.2) is 55.1 Å². The first kappa shape index (κ1) is 20.8. The Morgan fingerprint density at radius 2 is 1.90 bits per heavy atom. The smallest absolute Gasteiger partial charge is 0.187 e. The van der Waals surface area contributed by atoms with E-state index in [1.807, 2.05) is 43.3 Å². The van der Waals surface area contributed by atoms with Crippen LogP contribution in [-0.4, -0.2) is 53.9 Å². The zero-order valence-corrected chi connectivity index (χ0v) is 17.8. The predicted octanol–water partition coefficient (Wildman–Crippen LogP) is 4.51. The maximum atomic E-state index is 9.94. The molecule has 4 rings (SSSR count). The minimum absolute atomic E-state index is 0.0304. The van der Waals surface area contributed by atoms with Gasteiger partial charge in [-0.15, -0.1) is 6.58 Å². The van der Waals surface area contributed by atoms with Crippen LogP contribution in [0.4, 0.5) is 0 Å². The molecule has 2 atom stereocenters. The number of unbranched alkanes of at least 4 members (excludes halogenated alkanes) is 1. The summed E-state index contributed by atoms with van der Waals surface area (Å²) in [6.45, 7) is 10.3. The average Bonchev–Trinajstić information content (AvgIpc) is 2.79. The summed E-state index contributed by atoms with van der Waals surface area (Å²) in [7, 11) is 0. The second kappa shape index (κ2) is 9.54. The molecule has 30 heavy (non-hydrogen) atoms. The molecule has 2 aliphatic rings. The highest BCUT2D eigenvalue weighted by molar-refractivity contribution is 5.40. The summed E-state index contributed by atoms with van der Waals surface area (Å²) in [6, 6.07) is 14.3. The topological polar surface area (TPSA) is 45.2 Å². The summed E-state index contributed by atoms with van der Waals surface area (Å²) in [5, 5.41) is 9.94. The van der Waals surface area contributed by atoms with Crippen molar-refractivity contribution in [1.82, 2.24) is 9.80 Å². The highest BCUT2D eigenvalue weighted by Gasteiger charge is 2.31. The molecule has 2 aromatic rings. The Morgan fingerprint density at radius 3 is 2.63 bits per heavy atom. The van der Waals surface area contributed by atoms with Crippen molar-refractivity contribution in [2.24, 2.45) is 0 Å². The molecule has 5 nitrogen and oxygen atoms in total. The second-order valence-corrected chi connectivity index (χ2v) is 8.18. The molecule has 160 valence electrons. The number of rotatable bonds is 7. The first-order valence-electron chi connectivity index (χ1n) is 10.9. The lowest BCUT2D eigenvalue weighted by molar-refractivity contribution is -0.0550. The standard InChI is InChI=1S/C25H32N2O3/c1-3-4-5-8-21(20-11-12-22(28)19(2)17-20)26-13-15-27(16-14-26)25-18-29-23-9-6-7-10-24(23)30-25/h3,6-7,9-12,17,21,25,28H,1,4-5,8,13-16,18H2,2H3. The van der Waals surface area contributed by atoms with Gasteiger partial charge in [0.1, 0.15) is 12.4 Å². The molecule has 2 unspecified atom stereocenters. The van der Waals surface area contributed by atoms with Gasteiger partial charge in [0.25, 0.3) is 0 Å². The van der Waals surface area contributed by atoms with Crippen molar-refractivity contribution in [3.05, 3.63) is 66.2 Å². The SMILES string of the molecule is C=CCCCC(c1ccc(O)c(C)c1)N1CCN(C2COc3ccccc3O2)CC1. The van der Waals surface area contributed by atoms with Crippen LogP contribution in [0.5, 0.6) is 17.2 Å². The molecule has 0 amide bonds. The number of fused-ring (bicyclic) bond motifs is 1. The van der Waals surface area contributed by atoms with Crippen LogP contribution in [0.1, 0.15) is 36.4 Å². The quantitative estimate of drug-likeness (QED) is 0.539. The Balaban J connectivity index is 1.41. The summed E-state index contributed by atoms with van der Waals surface area (Å²) in [5.74, 6) is 2.03. The highest BCUT2D eigenvalue weighted by Crippen LogP contribution is 2.33. The largest absolute Gasteiger partial charge is 0.508 e. The molecule has 2 aromatic carbocycles. The summed E-state index contributed by atoms with van der Waals surface area (Å²) < 4.78 is 12.1. The third-order valence-electron chi connectivity index (χ3n) is 6.18. The van der Waals surface area contributed by atoms with Gasteiger partial charge in [0.2, 0.25) is 0 Å². The molecule has 1 fully saturated rings. The van der Waals surface area contributed by atoms with Crippen molar-refractivity contribution in [3.63, 3.8) is 0 Å². The monoisotopic (exact) mass is 408 g/mol. The van der Waals surface area contributed by atoms with Crippen molar-refractivity contribution in [1.29, 1.82) is 0 Å². The number of allylic oxidation sites excluding steroid dienone is 1. The van der Waals surface area contributed by atoms with Gasteiger partial charge >= 0.3 is 0 Å². The maximum absolute atomic E-state index is 9.94. The molecule has 1 saturated heterocycles. The number of piperazine rings is 1. The van der Waals surface area contributed by atoms with Crippen LogP contribution in [0.2, 0.25) is 0 Å². The second-order valence-electron chi connectivity index (χ2n) is 8.18. The van der Waals surface area contributed by atoms with Gasteiger partial charge in [-0.25, -0.2) is 0 Å². The predicted molar refractivity (Wildman–Crippen MR) is 119 cm³/mol. The molecular weight excluding hydrogens is 376 g/mol. The van der Waals surface area contributed by atoms with Gasteiger partial charge in [-0.05, 0) is 55.5 Å². The van der Waals surface area contributed by atoms with E-state index in [0.29, 0.717) is 18.4 Å². The Labute approximate surface area is 179 Å². The van der Waals surface area contributed by atoms with E-state index in [0.717, 1.165) is 62.5 Å². The van der Waals surface area contributed by atoms with Gasteiger partial charge < -0.3 is 14.6 Å². The fraction of sp³-hybridized carbons (Fsp3) is 0.440. The Morgan fingerprint density at radius 1 is 1.13 bits per heavy atom. The van der Waals surface area contributed by atoms with Crippen LogP contribution in [0.3, 0.4) is 0 Å². The normalized spacial score (nSPS) is 20.6. The van der Waals surface area contributed by atoms with Crippen molar-refractivity contribution >= 4 is 0 Å². The van der Waals surface area contributed by atoms with Crippen molar-refractivity contribution in [2.45, 2.75) is 38.5 Å². The number of benzene rings is 2. The van der Waals surface area contributed by atoms with Crippen LogP contribution >= 0.6 is 0 Å². The van der Waals surface area contributed by atoms with E-state index in [-0.39, 0.29) is 6.23 Å². The molecular formula is C25H32N2O3. The van der Waals surface area contributed by atoms with Gasteiger partial charge in [0.15, 0.2) is 17.7 Å². The molecule has 1 N–H and O–H groups in total. The fourth-order valence-electron chi connectivity index (χ4n) is 4.43. The molecule has 0 spiro atoms. The Hall–Kier alpha value is -2.50. The van der Waals surface area contributed by atoms with Crippen molar-refractivity contribution < 1.29 is 14.6 Å². The van der Waals surface area contributed by atoms with E-state index in [1.54, 1.807) is 0 Å². The van der Waals surface area contributed by atoms with Crippen LogP contribution in [0.25, 0.3) is 0 Å². The molecule has 0 radical (unpaired) electrons. The number of phenols is 1. The number of ether oxygens (including phenoxy) is 2. The van der Waals surface area contributed by atoms with Crippen molar-refractivity contribution in [3.8, 4) is 17.2 Å². The van der Waals surface area contributed by atoms with Gasteiger partial charge in [-0.2, -0.15) is 0 Å². The molecule has 0 bridgehead atoms. The van der Waals surface area contributed by atoms with Crippen molar-refractivity contribution in [2.75, 3.05) is 32.8 Å². The van der Waals surface area contributed by atoms with Crippen LogP contribution < -0.4 is 9.47 Å². The first-order chi connectivity index (χ1) is 14.7. The number of para-hydroxylation sites is 2. The molecule has 2 heterocycles. The number of aromatic hydroxyl groups is 1. The summed E-state index contributed by atoms with van der Waals surface area (Å²) in [5.41, 5.74) is 2.22. The zero-order chi connectivity index (χ0) is 20.9. The van der Waals surface area contributed by atoms with Crippen LogP contribution in [0, 0.1) is 6.92 Å². The number of hydrogen-bond donors (Lipinski definition) is 1. The van der Waals surface area contributed by atoms with Gasteiger partial charge in [0.05, 0.1) is 0 Å². The molecule has 0 aliphatic carbocycles. The van der Waals surface area contributed by atoms with Crippen LogP contribution in [-0.2, 0) is 0 Å². The summed E-state index contributed by atoms with van der Waals surface area (Å²) in [6.07, 6.45) is 5.20. The number of hydrogen-bond acceptors (Lipinski definition) is 5. The van der Waals surface area contributed by atoms with E-state index in [2.05, 4.69) is 28.5 Å². The van der Waals surface area contributed by atoms with Gasteiger partial charge in [-0.3, -0.25) is 9.80 Å².